The highest BCUT2D eigenvalue weighted by atomic mass is 16.1. The molecule has 2 heteroatoms. The fraction of sp³-hybridized carbons (Fsp3) is 0.588. The molecule has 0 aromatic heterocycles. The second-order valence-electron chi connectivity index (χ2n) is 5.37. The second kappa shape index (κ2) is 8.73. The largest absolute Gasteiger partial charge is 0.399 e. The van der Waals surface area contributed by atoms with Gasteiger partial charge in [0.15, 0.2) is 5.78 Å². The zero-order chi connectivity index (χ0) is 14.1. The molecule has 0 aliphatic carbocycles. The molecule has 0 fully saturated rings. The first-order valence-corrected chi connectivity index (χ1v) is 7.54. The molecule has 1 aromatic carbocycles. The molecule has 1 aromatic rings. The minimum atomic E-state index is 0.256. The van der Waals surface area contributed by atoms with Crippen molar-refractivity contribution >= 4 is 11.5 Å². The highest BCUT2D eigenvalue weighted by Gasteiger charge is 2.08. The molecule has 2 N–H and O–H groups in total. The van der Waals surface area contributed by atoms with E-state index in [1.54, 1.807) is 0 Å². The van der Waals surface area contributed by atoms with Gasteiger partial charge in [0.05, 0.1) is 0 Å². The van der Waals surface area contributed by atoms with Crippen molar-refractivity contribution < 1.29 is 4.79 Å². The molecule has 19 heavy (non-hydrogen) atoms. The zero-order valence-corrected chi connectivity index (χ0v) is 12.4. The number of hydrogen-bond acceptors (Lipinski definition) is 2. The van der Waals surface area contributed by atoms with Crippen LogP contribution < -0.4 is 5.73 Å². The number of hydrogen-bond donors (Lipinski definition) is 1. The van der Waals surface area contributed by atoms with Crippen molar-refractivity contribution in [2.45, 2.75) is 65.2 Å². The summed E-state index contributed by atoms with van der Waals surface area (Å²) in [4.78, 5) is 12.1. The van der Waals surface area contributed by atoms with Crippen molar-refractivity contribution in [2.24, 2.45) is 0 Å². The molecule has 0 radical (unpaired) electrons. The van der Waals surface area contributed by atoms with Crippen LogP contribution in [0.2, 0.25) is 0 Å². The average molecular weight is 261 g/mol. The molecule has 0 spiro atoms. The van der Waals surface area contributed by atoms with Crippen LogP contribution in [0.4, 0.5) is 5.69 Å². The summed E-state index contributed by atoms with van der Waals surface area (Å²) in [5.74, 6) is 0.256. The zero-order valence-electron chi connectivity index (χ0n) is 12.4. The lowest BCUT2D eigenvalue weighted by Crippen LogP contribution is -2.02. The average Bonchev–Trinajstić information content (AvgIpc) is 2.37. The van der Waals surface area contributed by atoms with E-state index in [-0.39, 0.29) is 5.78 Å². The molecule has 0 heterocycles. The Morgan fingerprint density at radius 3 is 2.32 bits per heavy atom. The molecule has 0 saturated carbocycles. The Balaban J connectivity index is 2.24. The first-order chi connectivity index (χ1) is 9.15. The molecule has 0 saturated heterocycles. The minimum absolute atomic E-state index is 0.256. The molecule has 0 amide bonds. The van der Waals surface area contributed by atoms with Gasteiger partial charge in [0, 0.05) is 17.7 Å². The Hall–Kier alpha value is -1.31. The Kier molecular flexibility index (Phi) is 7.24. The quantitative estimate of drug-likeness (QED) is 0.390. The van der Waals surface area contributed by atoms with E-state index < -0.39 is 0 Å². The number of nitrogens with two attached hydrogens (primary N) is 1. The summed E-state index contributed by atoms with van der Waals surface area (Å²) in [5, 5.41) is 0. The van der Waals surface area contributed by atoms with Crippen molar-refractivity contribution in [3.8, 4) is 0 Å². The molecule has 0 aliphatic heterocycles. The second-order valence-corrected chi connectivity index (χ2v) is 5.37. The maximum Gasteiger partial charge on any atom is 0.163 e. The van der Waals surface area contributed by atoms with Gasteiger partial charge in [0.2, 0.25) is 0 Å². The van der Waals surface area contributed by atoms with Gasteiger partial charge in [-0.2, -0.15) is 0 Å². The van der Waals surface area contributed by atoms with Crippen LogP contribution >= 0.6 is 0 Å². The van der Waals surface area contributed by atoms with Crippen LogP contribution in [0.25, 0.3) is 0 Å². The van der Waals surface area contributed by atoms with E-state index >= 15 is 0 Å². The highest BCUT2D eigenvalue weighted by Crippen LogP contribution is 2.16. The van der Waals surface area contributed by atoms with Gasteiger partial charge in [-0.05, 0) is 37.1 Å². The van der Waals surface area contributed by atoms with Gasteiger partial charge in [-0.15, -0.1) is 0 Å². The molecule has 0 bridgehead atoms. The van der Waals surface area contributed by atoms with E-state index in [0.717, 1.165) is 23.2 Å². The van der Waals surface area contributed by atoms with E-state index in [1.165, 1.54) is 38.5 Å². The van der Waals surface area contributed by atoms with Crippen molar-refractivity contribution in [1.29, 1.82) is 0 Å². The first kappa shape index (κ1) is 15.7. The summed E-state index contributed by atoms with van der Waals surface area (Å²) < 4.78 is 0. The summed E-state index contributed by atoms with van der Waals surface area (Å²) in [6.07, 6.45) is 9.37. The van der Waals surface area contributed by atoms with Gasteiger partial charge < -0.3 is 5.73 Å². The summed E-state index contributed by atoms with van der Waals surface area (Å²) in [6.45, 7) is 4.18. The van der Waals surface area contributed by atoms with Gasteiger partial charge in [0.1, 0.15) is 0 Å². The Bertz CT molecular complexity index is 398. The van der Waals surface area contributed by atoms with Crippen molar-refractivity contribution in [2.75, 3.05) is 5.73 Å². The number of carbonyl (C=O) groups excluding carboxylic acids is 1. The number of nitrogen functional groups attached to an aromatic ring is 1. The van der Waals surface area contributed by atoms with E-state index in [2.05, 4.69) is 6.92 Å². The number of Topliss-reactive ketones (excluding diaryl/α,β-unsaturated/α-hetero) is 1. The SMILES string of the molecule is CCCCCCCCCC(=O)c1ccc(N)cc1C. The Morgan fingerprint density at radius 2 is 1.68 bits per heavy atom. The third kappa shape index (κ3) is 5.91. The minimum Gasteiger partial charge on any atom is -0.399 e. The number of aryl methyl sites for hydroxylation is 1. The van der Waals surface area contributed by atoms with E-state index in [9.17, 15) is 4.79 Å². The molecular formula is C17H27NO. The summed E-state index contributed by atoms with van der Waals surface area (Å²) in [7, 11) is 0. The normalized spacial score (nSPS) is 10.6. The lowest BCUT2D eigenvalue weighted by Gasteiger charge is -2.06. The van der Waals surface area contributed by atoms with Crippen molar-refractivity contribution in [3.05, 3.63) is 29.3 Å². The predicted molar refractivity (Wildman–Crippen MR) is 82.5 cm³/mol. The van der Waals surface area contributed by atoms with Crippen LogP contribution in [-0.2, 0) is 0 Å². The van der Waals surface area contributed by atoms with E-state index in [4.69, 9.17) is 5.73 Å². The number of benzene rings is 1. The van der Waals surface area contributed by atoms with Crippen LogP contribution in [0.1, 0.15) is 74.2 Å². The number of carbonyl (C=O) groups is 1. The maximum absolute atomic E-state index is 12.1. The molecule has 0 atom stereocenters. The van der Waals surface area contributed by atoms with E-state index in [1.807, 2.05) is 25.1 Å². The molecule has 1 rings (SSSR count). The lowest BCUT2D eigenvalue weighted by atomic mass is 9.99. The van der Waals surface area contributed by atoms with Crippen LogP contribution in [0.5, 0.6) is 0 Å². The molecule has 0 unspecified atom stereocenters. The van der Waals surface area contributed by atoms with Crippen LogP contribution in [0.15, 0.2) is 18.2 Å². The van der Waals surface area contributed by atoms with Crippen LogP contribution in [0.3, 0.4) is 0 Å². The topological polar surface area (TPSA) is 43.1 Å². The van der Waals surface area contributed by atoms with Gasteiger partial charge in [0.25, 0.3) is 0 Å². The van der Waals surface area contributed by atoms with Crippen LogP contribution in [-0.4, -0.2) is 5.78 Å². The molecular weight excluding hydrogens is 234 g/mol. The van der Waals surface area contributed by atoms with Crippen LogP contribution in [0, 0.1) is 6.92 Å². The van der Waals surface area contributed by atoms with Gasteiger partial charge in [-0.25, -0.2) is 0 Å². The monoisotopic (exact) mass is 261 g/mol. The van der Waals surface area contributed by atoms with Crippen molar-refractivity contribution in [1.82, 2.24) is 0 Å². The summed E-state index contributed by atoms with van der Waals surface area (Å²) >= 11 is 0. The third-order valence-electron chi connectivity index (χ3n) is 3.56. The fourth-order valence-corrected chi connectivity index (χ4v) is 2.38. The molecule has 106 valence electrons. The number of anilines is 1. The number of rotatable bonds is 9. The summed E-state index contributed by atoms with van der Waals surface area (Å²) in [5.41, 5.74) is 8.25. The lowest BCUT2D eigenvalue weighted by molar-refractivity contribution is 0.0978. The van der Waals surface area contributed by atoms with E-state index in [0.29, 0.717) is 6.42 Å². The Labute approximate surface area is 117 Å². The smallest absolute Gasteiger partial charge is 0.163 e. The number of ketones is 1. The maximum atomic E-state index is 12.1. The predicted octanol–water partition coefficient (Wildman–Crippen LogP) is 4.90. The standard InChI is InChI=1S/C17H27NO/c1-3-4-5-6-7-8-9-10-17(19)16-12-11-15(18)13-14(16)2/h11-13H,3-10,18H2,1-2H3. The molecule has 0 aliphatic rings. The third-order valence-corrected chi connectivity index (χ3v) is 3.56. The number of unbranched alkanes of at least 4 members (excludes halogenated alkanes) is 6. The first-order valence-electron chi connectivity index (χ1n) is 7.54. The highest BCUT2D eigenvalue weighted by molar-refractivity contribution is 5.97. The van der Waals surface area contributed by atoms with Crippen molar-refractivity contribution in [3.63, 3.8) is 0 Å². The fourth-order valence-electron chi connectivity index (χ4n) is 2.38. The Morgan fingerprint density at radius 1 is 1.05 bits per heavy atom. The van der Waals surface area contributed by atoms with Gasteiger partial charge in [-0.3, -0.25) is 4.79 Å². The van der Waals surface area contributed by atoms with Gasteiger partial charge >= 0.3 is 0 Å². The van der Waals surface area contributed by atoms with Gasteiger partial charge in [-0.1, -0.05) is 45.4 Å². The summed E-state index contributed by atoms with van der Waals surface area (Å²) in [6, 6.07) is 5.54. The molecule has 2 nitrogen and oxygen atoms in total.